The number of carbonyl (C=O) groups is 2. The highest BCUT2D eigenvalue weighted by Gasteiger charge is 2.49. The Morgan fingerprint density at radius 1 is 1.50 bits per heavy atom. The average molecular weight is 228 g/mol. The van der Waals surface area contributed by atoms with Gasteiger partial charge in [-0.3, -0.25) is 4.79 Å². The summed E-state index contributed by atoms with van der Waals surface area (Å²) in [4.78, 5) is 22.7. The lowest BCUT2D eigenvalue weighted by atomic mass is 10.0. The van der Waals surface area contributed by atoms with Gasteiger partial charge in [-0.2, -0.15) is 0 Å². The first-order chi connectivity index (χ1) is 7.55. The number of carboxylic acid groups (broad SMARTS) is 1. The van der Waals surface area contributed by atoms with Crippen molar-refractivity contribution in [3.63, 3.8) is 0 Å². The standard InChI is InChI=1S/C11H20N2O3/c1-2-3-4-8(9(14)15)13-10(16)11(7-12)5-6-11/h8H,2-7,12H2,1H3,(H,13,16)(H,14,15)/t8-/m0/s1. The second-order valence-corrected chi connectivity index (χ2v) is 4.49. The van der Waals surface area contributed by atoms with Gasteiger partial charge in [0.25, 0.3) is 0 Å². The van der Waals surface area contributed by atoms with Crippen molar-refractivity contribution in [1.29, 1.82) is 0 Å². The summed E-state index contributed by atoms with van der Waals surface area (Å²) in [5, 5.41) is 11.5. The first kappa shape index (κ1) is 13.0. The number of rotatable bonds is 7. The van der Waals surface area contributed by atoms with Gasteiger partial charge < -0.3 is 16.2 Å². The number of hydrogen-bond acceptors (Lipinski definition) is 3. The highest BCUT2D eigenvalue weighted by molar-refractivity contribution is 5.89. The quantitative estimate of drug-likeness (QED) is 0.591. The van der Waals surface area contributed by atoms with E-state index in [0.29, 0.717) is 13.0 Å². The molecular formula is C11H20N2O3. The summed E-state index contributed by atoms with van der Waals surface area (Å²) in [5.74, 6) is -1.16. The Labute approximate surface area is 95.4 Å². The third-order valence-corrected chi connectivity index (χ3v) is 3.18. The number of carboxylic acids is 1. The Hall–Kier alpha value is -1.10. The third-order valence-electron chi connectivity index (χ3n) is 3.18. The first-order valence-electron chi connectivity index (χ1n) is 5.79. The van der Waals surface area contributed by atoms with Crippen molar-refractivity contribution in [2.24, 2.45) is 11.1 Å². The number of aliphatic carboxylic acids is 1. The number of nitrogens with two attached hydrogens (primary N) is 1. The zero-order valence-electron chi connectivity index (χ0n) is 9.66. The number of carbonyl (C=O) groups excluding carboxylic acids is 1. The van der Waals surface area contributed by atoms with Crippen molar-refractivity contribution in [1.82, 2.24) is 5.32 Å². The van der Waals surface area contributed by atoms with Gasteiger partial charge in [-0.25, -0.2) is 4.79 Å². The summed E-state index contributed by atoms with van der Waals surface area (Å²) >= 11 is 0. The van der Waals surface area contributed by atoms with Gasteiger partial charge in [0.2, 0.25) is 5.91 Å². The van der Waals surface area contributed by atoms with Crippen LogP contribution in [-0.2, 0) is 9.59 Å². The fraction of sp³-hybridized carbons (Fsp3) is 0.818. The highest BCUT2D eigenvalue weighted by Crippen LogP contribution is 2.44. The molecule has 1 aliphatic rings. The minimum absolute atomic E-state index is 0.196. The van der Waals surface area contributed by atoms with E-state index in [-0.39, 0.29) is 5.91 Å². The molecule has 1 rings (SSSR count). The van der Waals surface area contributed by atoms with Gasteiger partial charge in [0.05, 0.1) is 5.41 Å². The second-order valence-electron chi connectivity index (χ2n) is 4.49. The molecule has 16 heavy (non-hydrogen) atoms. The lowest BCUT2D eigenvalue weighted by Gasteiger charge is -2.18. The van der Waals surface area contributed by atoms with Crippen LogP contribution in [0.3, 0.4) is 0 Å². The summed E-state index contributed by atoms with van der Waals surface area (Å²) in [6.07, 6.45) is 3.75. The molecule has 0 aromatic rings. The fourth-order valence-electron chi connectivity index (χ4n) is 1.65. The van der Waals surface area contributed by atoms with Crippen LogP contribution in [0, 0.1) is 5.41 Å². The lowest BCUT2D eigenvalue weighted by molar-refractivity contribution is -0.142. The Balaban J connectivity index is 2.48. The van der Waals surface area contributed by atoms with Crippen molar-refractivity contribution in [3.05, 3.63) is 0 Å². The van der Waals surface area contributed by atoms with Crippen LogP contribution in [0.1, 0.15) is 39.0 Å². The van der Waals surface area contributed by atoms with Crippen molar-refractivity contribution < 1.29 is 14.7 Å². The second kappa shape index (κ2) is 5.30. The van der Waals surface area contributed by atoms with Crippen LogP contribution in [0.5, 0.6) is 0 Å². The third kappa shape index (κ3) is 2.95. The molecule has 1 atom stereocenters. The Morgan fingerprint density at radius 3 is 2.50 bits per heavy atom. The molecule has 1 saturated carbocycles. The van der Waals surface area contributed by atoms with Crippen molar-refractivity contribution in [3.8, 4) is 0 Å². The molecular weight excluding hydrogens is 208 g/mol. The predicted octanol–water partition coefficient (Wildman–Crippen LogP) is 0.485. The Bertz CT molecular complexity index is 274. The van der Waals surface area contributed by atoms with Gasteiger partial charge in [-0.15, -0.1) is 0 Å². The van der Waals surface area contributed by atoms with Crippen LogP contribution >= 0.6 is 0 Å². The Kier molecular flexibility index (Phi) is 4.29. The molecule has 1 aliphatic carbocycles. The zero-order valence-corrected chi connectivity index (χ0v) is 9.66. The maximum absolute atomic E-state index is 11.8. The monoisotopic (exact) mass is 228 g/mol. The summed E-state index contributed by atoms with van der Waals surface area (Å²) < 4.78 is 0. The summed E-state index contributed by atoms with van der Waals surface area (Å²) in [6.45, 7) is 2.29. The fourth-order valence-corrected chi connectivity index (χ4v) is 1.65. The van der Waals surface area contributed by atoms with Crippen LogP contribution < -0.4 is 11.1 Å². The van der Waals surface area contributed by atoms with Gasteiger partial charge in [0.1, 0.15) is 6.04 Å². The largest absolute Gasteiger partial charge is 0.480 e. The molecule has 0 heterocycles. The van der Waals surface area contributed by atoms with E-state index in [2.05, 4.69) is 5.32 Å². The molecule has 1 fully saturated rings. The molecule has 0 unspecified atom stereocenters. The predicted molar refractivity (Wildman–Crippen MR) is 59.8 cm³/mol. The highest BCUT2D eigenvalue weighted by atomic mass is 16.4. The summed E-state index contributed by atoms with van der Waals surface area (Å²) in [6, 6.07) is -0.767. The molecule has 4 N–H and O–H groups in total. The van der Waals surface area contributed by atoms with E-state index in [1.54, 1.807) is 0 Å². The van der Waals surface area contributed by atoms with E-state index < -0.39 is 17.4 Å². The SMILES string of the molecule is CCCC[C@H](NC(=O)C1(CN)CC1)C(=O)O. The maximum Gasteiger partial charge on any atom is 0.326 e. The van der Waals surface area contributed by atoms with Crippen molar-refractivity contribution in [2.75, 3.05) is 6.54 Å². The van der Waals surface area contributed by atoms with Gasteiger partial charge >= 0.3 is 5.97 Å². The van der Waals surface area contributed by atoms with Crippen LogP contribution in [-0.4, -0.2) is 29.6 Å². The van der Waals surface area contributed by atoms with Gasteiger partial charge in [-0.1, -0.05) is 19.8 Å². The normalized spacial score (nSPS) is 18.9. The van der Waals surface area contributed by atoms with E-state index in [9.17, 15) is 9.59 Å². The van der Waals surface area contributed by atoms with Crippen LogP contribution in [0.4, 0.5) is 0 Å². The van der Waals surface area contributed by atoms with E-state index in [1.807, 2.05) is 6.92 Å². The van der Waals surface area contributed by atoms with Crippen molar-refractivity contribution >= 4 is 11.9 Å². The molecule has 5 heteroatoms. The van der Waals surface area contributed by atoms with Crippen LogP contribution in [0.2, 0.25) is 0 Å². The van der Waals surface area contributed by atoms with Crippen molar-refractivity contribution in [2.45, 2.75) is 45.1 Å². The van der Waals surface area contributed by atoms with E-state index in [1.165, 1.54) is 0 Å². The lowest BCUT2D eigenvalue weighted by Crippen LogP contribution is -2.46. The maximum atomic E-state index is 11.8. The molecule has 0 aliphatic heterocycles. The summed E-state index contributed by atoms with van der Waals surface area (Å²) in [5.41, 5.74) is 5.04. The molecule has 0 aromatic heterocycles. The molecule has 0 spiro atoms. The van der Waals surface area contributed by atoms with E-state index in [0.717, 1.165) is 25.7 Å². The molecule has 1 amide bonds. The first-order valence-corrected chi connectivity index (χ1v) is 5.79. The van der Waals surface area contributed by atoms with E-state index >= 15 is 0 Å². The molecule has 0 radical (unpaired) electrons. The smallest absolute Gasteiger partial charge is 0.326 e. The Morgan fingerprint density at radius 2 is 2.12 bits per heavy atom. The van der Waals surface area contributed by atoms with Crippen LogP contribution in [0.25, 0.3) is 0 Å². The number of amides is 1. The molecule has 92 valence electrons. The summed E-state index contributed by atoms with van der Waals surface area (Å²) in [7, 11) is 0. The average Bonchev–Trinajstić information content (AvgIpc) is 3.04. The minimum atomic E-state index is -0.963. The zero-order chi connectivity index (χ0) is 12.2. The number of hydrogen-bond donors (Lipinski definition) is 3. The molecule has 0 saturated heterocycles. The van der Waals surface area contributed by atoms with Gasteiger partial charge in [-0.05, 0) is 19.3 Å². The molecule has 0 bridgehead atoms. The number of nitrogens with one attached hydrogen (secondary N) is 1. The van der Waals surface area contributed by atoms with Gasteiger partial charge in [0, 0.05) is 6.54 Å². The molecule has 0 aromatic carbocycles. The van der Waals surface area contributed by atoms with E-state index in [4.69, 9.17) is 10.8 Å². The minimum Gasteiger partial charge on any atom is -0.480 e. The van der Waals surface area contributed by atoms with Gasteiger partial charge in [0.15, 0.2) is 0 Å². The topological polar surface area (TPSA) is 92.4 Å². The van der Waals surface area contributed by atoms with Crippen LogP contribution in [0.15, 0.2) is 0 Å². The number of unbranched alkanes of at least 4 members (excludes halogenated alkanes) is 1. The molecule has 5 nitrogen and oxygen atoms in total.